The molecule has 4 heteroatoms. The number of unbranched alkanes of at least 4 members (excludes halogenated alkanes) is 1. The van der Waals surface area contributed by atoms with E-state index in [1.54, 1.807) is 0 Å². The summed E-state index contributed by atoms with van der Waals surface area (Å²) < 4.78 is 16.9. The second-order valence-electron chi connectivity index (χ2n) is 6.40. The van der Waals surface area contributed by atoms with Crippen LogP contribution in [-0.2, 0) is 19.0 Å². The molecule has 3 aliphatic rings. The third kappa shape index (κ3) is 3.17. The van der Waals surface area contributed by atoms with Crippen molar-refractivity contribution in [3.05, 3.63) is 0 Å². The Morgan fingerprint density at radius 2 is 2.05 bits per heavy atom. The molecule has 1 aliphatic heterocycles. The number of rotatable bonds is 6. The van der Waals surface area contributed by atoms with Gasteiger partial charge in [0.1, 0.15) is 0 Å². The van der Waals surface area contributed by atoms with Crippen molar-refractivity contribution in [2.75, 3.05) is 13.2 Å². The molecule has 0 spiro atoms. The lowest BCUT2D eigenvalue weighted by Crippen LogP contribution is -2.28. The van der Waals surface area contributed by atoms with Gasteiger partial charge < -0.3 is 14.2 Å². The molecule has 20 heavy (non-hydrogen) atoms. The second kappa shape index (κ2) is 6.44. The fourth-order valence-corrected chi connectivity index (χ4v) is 3.70. The number of carbonyl (C=O) groups excluding carboxylic acids is 1. The Labute approximate surface area is 121 Å². The van der Waals surface area contributed by atoms with Crippen LogP contribution in [0.25, 0.3) is 0 Å². The molecule has 1 saturated heterocycles. The summed E-state index contributed by atoms with van der Waals surface area (Å²) in [7, 11) is 0. The molecule has 1 heterocycles. The molecular weight excluding hydrogens is 256 g/mol. The predicted octanol–water partition coefficient (Wildman–Crippen LogP) is 2.90. The van der Waals surface area contributed by atoms with Gasteiger partial charge in [-0.05, 0) is 50.4 Å². The zero-order valence-corrected chi connectivity index (χ0v) is 12.4. The van der Waals surface area contributed by atoms with Gasteiger partial charge in [0.25, 0.3) is 0 Å². The van der Waals surface area contributed by atoms with Crippen LogP contribution in [0.4, 0.5) is 0 Å². The van der Waals surface area contributed by atoms with Gasteiger partial charge in [-0.2, -0.15) is 0 Å². The van der Waals surface area contributed by atoms with Gasteiger partial charge in [0, 0.05) is 6.61 Å². The molecule has 3 atom stereocenters. The normalized spacial score (nSPS) is 39.4. The number of hydrogen-bond donors (Lipinski definition) is 0. The van der Waals surface area contributed by atoms with E-state index >= 15 is 0 Å². The average Bonchev–Trinajstić information content (AvgIpc) is 2.97. The molecule has 0 aromatic heterocycles. The monoisotopic (exact) mass is 282 g/mol. The van der Waals surface area contributed by atoms with Crippen molar-refractivity contribution in [3.8, 4) is 0 Å². The van der Waals surface area contributed by atoms with Crippen LogP contribution in [0.5, 0.6) is 0 Å². The Kier molecular flexibility index (Phi) is 4.61. The highest BCUT2D eigenvalue weighted by Crippen LogP contribution is 2.58. The first-order chi connectivity index (χ1) is 9.79. The van der Waals surface area contributed by atoms with Crippen molar-refractivity contribution in [1.82, 2.24) is 0 Å². The molecule has 0 aromatic rings. The van der Waals surface area contributed by atoms with E-state index in [4.69, 9.17) is 14.2 Å². The highest BCUT2D eigenvalue weighted by molar-refractivity contribution is 5.76. The standard InChI is InChI=1S/C16H26O4/c1-2-3-7-19-16(17)15-12-9-11(10-13(12)15)20-14-6-4-5-8-18-14/h11-15H,2-10H2,1H3. The molecule has 4 nitrogen and oxygen atoms in total. The van der Waals surface area contributed by atoms with Crippen molar-refractivity contribution in [3.63, 3.8) is 0 Å². The zero-order valence-electron chi connectivity index (χ0n) is 12.4. The number of hydrogen-bond acceptors (Lipinski definition) is 4. The van der Waals surface area contributed by atoms with E-state index in [1.807, 2.05) is 0 Å². The molecule has 2 saturated carbocycles. The minimum absolute atomic E-state index is 0.00112. The first-order valence-electron chi connectivity index (χ1n) is 8.23. The molecule has 0 radical (unpaired) electrons. The lowest BCUT2D eigenvalue weighted by molar-refractivity contribution is -0.189. The summed E-state index contributed by atoms with van der Waals surface area (Å²) in [4.78, 5) is 11.9. The molecule has 3 fully saturated rings. The quantitative estimate of drug-likeness (QED) is 0.555. The van der Waals surface area contributed by atoms with Crippen LogP contribution in [0.15, 0.2) is 0 Å². The Morgan fingerprint density at radius 3 is 2.70 bits per heavy atom. The Morgan fingerprint density at radius 1 is 1.25 bits per heavy atom. The largest absolute Gasteiger partial charge is 0.465 e. The molecule has 0 aromatic carbocycles. The Bertz CT molecular complexity index is 325. The fourth-order valence-electron chi connectivity index (χ4n) is 3.70. The molecule has 2 aliphatic carbocycles. The maximum atomic E-state index is 11.9. The van der Waals surface area contributed by atoms with Gasteiger partial charge >= 0.3 is 5.97 Å². The van der Waals surface area contributed by atoms with Gasteiger partial charge in [0.2, 0.25) is 0 Å². The van der Waals surface area contributed by atoms with E-state index in [2.05, 4.69) is 6.92 Å². The highest BCUT2D eigenvalue weighted by atomic mass is 16.7. The topological polar surface area (TPSA) is 44.8 Å². The number of carbonyl (C=O) groups is 1. The van der Waals surface area contributed by atoms with Crippen molar-refractivity contribution in [2.24, 2.45) is 17.8 Å². The molecule has 0 bridgehead atoms. The lowest BCUT2D eigenvalue weighted by Gasteiger charge is -2.26. The van der Waals surface area contributed by atoms with Crippen LogP contribution in [0, 0.1) is 17.8 Å². The predicted molar refractivity (Wildman–Crippen MR) is 74.0 cm³/mol. The third-order valence-electron chi connectivity index (χ3n) is 4.90. The summed E-state index contributed by atoms with van der Waals surface area (Å²) in [6, 6.07) is 0. The van der Waals surface area contributed by atoms with Crippen molar-refractivity contribution >= 4 is 5.97 Å². The zero-order chi connectivity index (χ0) is 13.9. The minimum Gasteiger partial charge on any atom is -0.465 e. The second-order valence-corrected chi connectivity index (χ2v) is 6.40. The van der Waals surface area contributed by atoms with E-state index < -0.39 is 0 Å². The summed E-state index contributed by atoms with van der Waals surface area (Å²) in [5.41, 5.74) is 0. The smallest absolute Gasteiger partial charge is 0.309 e. The first kappa shape index (κ1) is 14.3. The van der Waals surface area contributed by atoms with E-state index in [-0.39, 0.29) is 18.2 Å². The summed E-state index contributed by atoms with van der Waals surface area (Å²) in [6.07, 6.45) is 7.75. The number of fused-ring (bicyclic) bond motifs is 1. The fraction of sp³-hybridized carbons (Fsp3) is 0.938. The molecule has 0 amide bonds. The number of ether oxygens (including phenoxy) is 3. The molecule has 3 rings (SSSR count). The van der Waals surface area contributed by atoms with Gasteiger partial charge in [0.15, 0.2) is 6.29 Å². The summed E-state index contributed by atoms with van der Waals surface area (Å²) in [5.74, 6) is 1.22. The maximum Gasteiger partial charge on any atom is 0.309 e. The van der Waals surface area contributed by atoms with Gasteiger partial charge in [-0.15, -0.1) is 0 Å². The Balaban J connectivity index is 1.36. The number of esters is 1. The van der Waals surface area contributed by atoms with Crippen molar-refractivity contribution in [1.29, 1.82) is 0 Å². The van der Waals surface area contributed by atoms with Crippen LogP contribution >= 0.6 is 0 Å². The van der Waals surface area contributed by atoms with Crippen molar-refractivity contribution < 1.29 is 19.0 Å². The molecule has 3 unspecified atom stereocenters. The van der Waals surface area contributed by atoms with Gasteiger partial charge in [-0.1, -0.05) is 13.3 Å². The van der Waals surface area contributed by atoms with Crippen molar-refractivity contribution in [2.45, 2.75) is 64.3 Å². The SMILES string of the molecule is CCCCOC(=O)C1C2CC(OC3CCCCO3)CC21. The Hall–Kier alpha value is -0.610. The van der Waals surface area contributed by atoms with Crippen LogP contribution in [0.1, 0.15) is 51.9 Å². The average molecular weight is 282 g/mol. The first-order valence-corrected chi connectivity index (χ1v) is 8.23. The van der Waals surface area contributed by atoms with Crippen LogP contribution in [0.3, 0.4) is 0 Å². The van der Waals surface area contributed by atoms with Gasteiger partial charge in [-0.3, -0.25) is 4.79 Å². The van der Waals surface area contributed by atoms with E-state index in [9.17, 15) is 4.79 Å². The molecule has 114 valence electrons. The highest BCUT2D eigenvalue weighted by Gasteiger charge is 2.61. The summed E-state index contributed by atoms with van der Waals surface area (Å²) in [5, 5.41) is 0. The molecular formula is C16H26O4. The summed E-state index contributed by atoms with van der Waals surface area (Å²) in [6.45, 7) is 3.52. The van der Waals surface area contributed by atoms with Gasteiger partial charge in [0.05, 0.1) is 18.6 Å². The minimum atomic E-state index is 0.00112. The van der Waals surface area contributed by atoms with E-state index in [0.717, 1.165) is 45.1 Å². The maximum absolute atomic E-state index is 11.9. The summed E-state index contributed by atoms with van der Waals surface area (Å²) >= 11 is 0. The molecule has 0 N–H and O–H groups in total. The lowest BCUT2D eigenvalue weighted by atomic mass is 10.1. The van der Waals surface area contributed by atoms with Crippen LogP contribution in [-0.4, -0.2) is 31.6 Å². The van der Waals surface area contributed by atoms with Gasteiger partial charge in [-0.25, -0.2) is 0 Å². The van der Waals surface area contributed by atoms with Crippen LogP contribution in [0.2, 0.25) is 0 Å². The van der Waals surface area contributed by atoms with Crippen LogP contribution < -0.4 is 0 Å². The van der Waals surface area contributed by atoms with E-state index in [1.165, 1.54) is 6.42 Å². The van der Waals surface area contributed by atoms with E-state index in [0.29, 0.717) is 24.5 Å². The third-order valence-corrected chi connectivity index (χ3v) is 4.90.